The van der Waals surface area contributed by atoms with Crippen LogP contribution in [0.25, 0.3) is 0 Å². The summed E-state index contributed by atoms with van der Waals surface area (Å²) in [6.07, 6.45) is 2.36. The van der Waals surface area contributed by atoms with Gasteiger partial charge in [0.25, 0.3) is 5.91 Å². The molecule has 8 nitrogen and oxygen atoms in total. The van der Waals surface area contributed by atoms with Crippen molar-refractivity contribution >= 4 is 23.5 Å². The van der Waals surface area contributed by atoms with E-state index in [2.05, 4.69) is 19.2 Å². The number of nitrogens with two attached hydrogens (primary N) is 2. The number of amides is 3. The molecule has 0 radical (unpaired) electrons. The van der Waals surface area contributed by atoms with Crippen LogP contribution >= 0.6 is 0 Å². The number of fused-ring (bicyclic) bond motifs is 1. The number of carbonyl (C=O) groups excluding carboxylic acids is 4. The van der Waals surface area contributed by atoms with Gasteiger partial charge in [0.05, 0.1) is 12.1 Å². The molecule has 0 aromatic rings. The summed E-state index contributed by atoms with van der Waals surface area (Å²) >= 11 is 0. The molecule has 2 aliphatic carbocycles. The molecule has 2 unspecified atom stereocenters. The summed E-state index contributed by atoms with van der Waals surface area (Å²) in [5, 5.41) is 2.74. The van der Waals surface area contributed by atoms with Gasteiger partial charge in [-0.3, -0.25) is 19.2 Å². The molecule has 3 fully saturated rings. The van der Waals surface area contributed by atoms with Crippen LogP contribution in [0.4, 0.5) is 0 Å². The number of ketones is 1. The summed E-state index contributed by atoms with van der Waals surface area (Å²) in [4.78, 5) is 51.6. The molecule has 2 saturated carbocycles. The van der Waals surface area contributed by atoms with Crippen LogP contribution in [0.15, 0.2) is 0 Å². The Balaban J connectivity index is 1.79. The topological polar surface area (TPSA) is 136 Å². The van der Waals surface area contributed by atoms with Crippen LogP contribution in [0.2, 0.25) is 0 Å². The third-order valence-electron chi connectivity index (χ3n) is 7.10. The van der Waals surface area contributed by atoms with E-state index in [0.717, 1.165) is 12.8 Å². The monoisotopic (exact) mass is 406 g/mol. The van der Waals surface area contributed by atoms with Crippen molar-refractivity contribution in [3.05, 3.63) is 0 Å². The molecule has 0 aromatic heterocycles. The number of likely N-dealkylation sites (tertiary alicyclic amines) is 1. The van der Waals surface area contributed by atoms with Crippen molar-refractivity contribution in [2.45, 2.75) is 72.0 Å². The Kier molecular flexibility index (Phi) is 5.30. The number of piperidine rings is 1. The number of nitrogens with zero attached hydrogens (tertiary/aromatic N) is 1. The molecule has 1 aliphatic heterocycles. The minimum absolute atomic E-state index is 0.0175. The van der Waals surface area contributed by atoms with E-state index in [9.17, 15) is 19.2 Å². The van der Waals surface area contributed by atoms with Crippen LogP contribution < -0.4 is 16.8 Å². The first-order chi connectivity index (χ1) is 13.3. The SMILES string of the molecule is CC(C)(C)C(N)C(=O)N1C[C@H]2[C@@H]([C@H]1C(=O)NC(CC1CC1)C(=O)C(N)=O)C2(C)C. The van der Waals surface area contributed by atoms with Crippen LogP contribution in [-0.4, -0.2) is 53.1 Å². The Labute approximate surface area is 172 Å². The van der Waals surface area contributed by atoms with Gasteiger partial charge in [0.1, 0.15) is 6.04 Å². The first-order valence-corrected chi connectivity index (χ1v) is 10.5. The number of carbonyl (C=O) groups is 4. The zero-order valence-electron chi connectivity index (χ0n) is 18.0. The average molecular weight is 407 g/mol. The zero-order valence-corrected chi connectivity index (χ0v) is 18.0. The smallest absolute Gasteiger partial charge is 0.287 e. The van der Waals surface area contributed by atoms with E-state index < -0.39 is 41.1 Å². The lowest BCUT2D eigenvalue weighted by Crippen LogP contribution is -2.59. The molecule has 0 bridgehead atoms. The number of hydrogen-bond acceptors (Lipinski definition) is 5. The molecule has 0 spiro atoms. The fraction of sp³-hybridized carbons (Fsp3) is 0.810. The van der Waals surface area contributed by atoms with E-state index in [0.29, 0.717) is 18.9 Å². The average Bonchev–Trinajstić information content (AvgIpc) is 3.45. The van der Waals surface area contributed by atoms with Crippen LogP contribution in [-0.2, 0) is 19.2 Å². The Morgan fingerprint density at radius 2 is 1.76 bits per heavy atom. The maximum absolute atomic E-state index is 13.2. The Morgan fingerprint density at radius 3 is 2.24 bits per heavy atom. The van der Waals surface area contributed by atoms with Gasteiger partial charge in [0.15, 0.2) is 0 Å². The van der Waals surface area contributed by atoms with E-state index in [1.165, 1.54) is 0 Å². The van der Waals surface area contributed by atoms with E-state index in [-0.39, 0.29) is 23.2 Å². The van der Waals surface area contributed by atoms with Crippen molar-refractivity contribution < 1.29 is 19.2 Å². The summed E-state index contributed by atoms with van der Waals surface area (Å²) < 4.78 is 0. The van der Waals surface area contributed by atoms with Gasteiger partial charge >= 0.3 is 0 Å². The summed E-state index contributed by atoms with van der Waals surface area (Å²) in [7, 11) is 0. The van der Waals surface area contributed by atoms with Crippen molar-refractivity contribution in [3.63, 3.8) is 0 Å². The van der Waals surface area contributed by atoms with Gasteiger partial charge in [-0.1, -0.05) is 47.5 Å². The van der Waals surface area contributed by atoms with Crippen molar-refractivity contribution in [1.82, 2.24) is 10.2 Å². The fourth-order valence-electron chi connectivity index (χ4n) is 4.71. The largest absolute Gasteiger partial charge is 0.363 e. The van der Waals surface area contributed by atoms with Crippen molar-refractivity contribution in [1.29, 1.82) is 0 Å². The van der Waals surface area contributed by atoms with Crippen LogP contribution in [0.3, 0.4) is 0 Å². The molecule has 1 saturated heterocycles. The third-order valence-corrected chi connectivity index (χ3v) is 7.10. The first-order valence-electron chi connectivity index (χ1n) is 10.5. The van der Waals surface area contributed by atoms with Gasteiger partial charge in [0, 0.05) is 6.54 Å². The second-order valence-electron chi connectivity index (χ2n) is 10.7. The van der Waals surface area contributed by atoms with Crippen molar-refractivity contribution in [3.8, 4) is 0 Å². The Bertz CT molecular complexity index is 737. The van der Waals surface area contributed by atoms with Crippen LogP contribution in [0, 0.1) is 28.6 Å². The quantitative estimate of drug-likeness (QED) is 0.518. The summed E-state index contributed by atoms with van der Waals surface area (Å²) in [6, 6.07) is -2.34. The molecule has 1 heterocycles. The van der Waals surface area contributed by atoms with E-state index in [1.807, 2.05) is 20.8 Å². The lowest BCUT2D eigenvalue weighted by Gasteiger charge is -2.36. The summed E-state index contributed by atoms with van der Waals surface area (Å²) in [5.74, 6) is -1.90. The highest BCUT2D eigenvalue weighted by atomic mass is 16.2. The highest BCUT2D eigenvalue weighted by molar-refractivity contribution is 6.37. The van der Waals surface area contributed by atoms with Gasteiger partial charge in [-0.05, 0) is 35.0 Å². The van der Waals surface area contributed by atoms with Gasteiger partial charge in [-0.2, -0.15) is 0 Å². The predicted octanol–water partition coefficient (Wildman–Crippen LogP) is 0.182. The molecule has 29 heavy (non-hydrogen) atoms. The predicted molar refractivity (Wildman–Crippen MR) is 107 cm³/mol. The fourth-order valence-corrected chi connectivity index (χ4v) is 4.71. The molecule has 0 aromatic carbocycles. The molecule has 5 N–H and O–H groups in total. The number of nitrogens with one attached hydrogen (secondary N) is 1. The third kappa shape index (κ3) is 4.04. The molecule has 3 rings (SSSR count). The highest BCUT2D eigenvalue weighted by Crippen LogP contribution is 2.65. The second kappa shape index (κ2) is 7.07. The molecule has 5 atom stereocenters. The molecule has 162 valence electrons. The van der Waals surface area contributed by atoms with Gasteiger partial charge in [-0.15, -0.1) is 0 Å². The Morgan fingerprint density at radius 1 is 1.17 bits per heavy atom. The molecule has 3 aliphatic rings. The lowest BCUT2D eigenvalue weighted by atomic mass is 9.86. The lowest BCUT2D eigenvalue weighted by molar-refractivity contribution is -0.144. The first kappa shape index (κ1) is 21.7. The number of hydrogen-bond donors (Lipinski definition) is 3. The minimum Gasteiger partial charge on any atom is -0.363 e. The standard InChI is InChI=1S/C21H34N4O4/c1-20(2,3)16(22)19(29)25-9-11-13(21(11,4)5)14(25)18(28)24-12(8-10-6-7-10)15(26)17(23)27/h10-14,16H,6-9,22H2,1-5H3,(H2,23,27)(H,24,28)/t11-,12?,13-,14-,16?/m0/s1. The number of rotatable bonds is 7. The van der Waals surface area contributed by atoms with E-state index in [4.69, 9.17) is 11.5 Å². The van der Waals surface area contributed by atoms with Crippen molar-refractivity contribution in [2.75, 3.05) is 6.54 Å². The maximum Gasteiger partial charge on any atom is 0.287 e. The van der Waals surface area contributed by atoms with E-state index >= 15 is 0 Å². The maximum atomic E-state index is 13.2. The van der Waals surface area contributed by atoms with E-state index in [1.54, 1.807) is 4.90 Å². The molecule has 3 amide bonds. The van der Waals surface area contributed by atoms with Gasteiger partial charge in [0.2, 0.25) is 17.6 Å². The molecular formula is C21H34N4O4. The van der Waals surface area contributed by atoms with Crippen molar-refractivity contribution in [2.24, 2.45) is 40.1 Å². The highest BCUT2D eigenvalue weighted by Gasteiger charge is 2.69. The molecular weight excluding hydrogens is 372 g/mol. The number of Topliss-reactive ketones (excluding diaryl/α,β-unsaturated/α-hetero) is 1. The van der Waals surface area contributed by atoms with Crippen LogP contribution in [0.5, 0.6) is 0 Å². The summed E-state index contributed by atoms with van der Waals surface area (Å²) in [5.41, 5.74) is 10.9. The second-order valence-corrected chi connectivity index (χ2v) is 10.7. The summed E-state index contributed by atoms with van der Waals surface area (Å²) in [6.45, 7) is 10.3. The van der Waals surface area contributed by atoms with Gasteiger partial charge < -0.3 is 21.7 Å². The number of primary amides is 1. The Hall–Kier alpha value is -1.96. The minimum atomic E-state index is -1.05. The molecule has 8 heteroatoms. The van der Waals surface area contributed by atoms with Gasteiger partial charge in [-0.25, -0.2) is 0 Å². The van der Waals surface area contributed by atoms with Crippen LogP contribution in [0.1, 0.15) is 53.9 Å². The zero-order chi connectivity index (χ0) is 21.9. The normalized spacial score (nSPS) is 29.6.